The summed E-state index contributed by atoms with van der Waals surface area (Å²) in [5.74, 6) is 1.18. The van der Waals surface area contributed by atoms with Crippen molar-refractivity contribution in [2.45, 2.75) is 18.3 Å². The van der Waals surface area contributed by atoms with Crippen LogP contribution in [0.15, 0.2) is 58.0 Å². The molecule has 1 fully saturated rings. The molecule has 1 aliphatic heterocycles. The van der Waals surface area contributed by atoms with Gasteiger partial charge in [0, 0.05) is 34.9 Å². The fourth-order valence-corrected chi connectivity index (χ4v) is 3.49. The van der Waals surface area contributed by atoms with E-state index in [4.69, 9.17) is 15.2 Å². The van der Waals surface area contributed by atoms with Gasteiger partial charge in [0.2, 0.25) is 0 Å². The average molecular weight is 418 g/mol. The minimum Gasteiger partial charge on any atom is -0.497 e. The first kappa shape index (κ1) is 18.7. The van der Waals surface area contributed by atoms with E-state index in [1.54, 1.807) is 7.11 Å². The molecule has 0 aromatic heterocycles. The summed E-state index contributed by atoms with van der Waals surface area (Å²) in [6.45, 7) is 2.12. The molecule has 0 spiro atoms. The van der Waals surface area contributed by atoms with Crippen LogP contribution in [-0.2, 0) is 10.2 Å². The molecule has 0 radical (unpaired) electrons. The number of hydrogen-bond acceptors (Lipinski definition) is 3. The Hall–Kier alpha value is -2.05. The third kappa shape index (κ3) is 4.56. The Balaban J connectivity index is 1.76. The van der Waals surface area contributed by atoms with Gasteiger partial charge in [-0.2, -0.15) is 0 Å². The summed E-state index contributed by atoms with van der Waals surface area (Å²) < 4.78 is 11.9. The Kier molecular flexibility index (Phi) is 6.16. The molecule has 0 amide bonds. The lowest BCUT2D eigenvalue weighted by Crippen LogP contribution is -2.38. The fourth-order valence-electron chi connectivity index (χ4n) is 3.23. The molecule has 138 valence electrons. The van der Waals surface area contributed by atoms with E-state index in [0.29, 0.717) is 12.5 Å². The molecule has 0 bridgehead atoms. The number of ether oxygens (including phenoxy) is 2. The highest BCUT2D eigenvalue weighted by Crippen LogP contribution is 2.35. The van der Waals surface area contributed by atoms with Crippen LogP contribution in [0.1, 0.15) is 18.4 Å². The second-order valence-corrected chi connectivity index (χ2v) is 7.37. The first-order valence-electron chi connectivity index (χ1n) is 8.66. The number of nitrogens with zero attached hydrogens (tertiary/aromatic N) is 1. The van der Waals surface area contributed by atoms with Crippen molar-refractivity contribution in [3.05, 3.63) is 58.6 Å². The third-order valence-corrected chi connectivity index (χ3v) is 5.33. The third-order valence-electron chi connectivity index (χ3n) is 4.80. The summed E-state index contributed by atoms with van der Waals surface area (Å²) in [6.07, 6.45) is 1.87. The van der Waals surface area contributed by atoms with Crippen molar-refractivity contribution in [3.63, 3.8) is 0 Å². The Morgan fingerprint density at radius 2 is 1.96 bits per heavy atom. The van der Waals surface area contributed by atoms with Crippen molar-refractivity contribution in [1.82, 2.24) is 0 Å². The quantitative estimate of drug-likeness (QED) is 0.570. The molecular formula is C20H24BrN3O2. The number of halogens is 1. The lowest BCUT2D eigenvalue weighted by atomic mass is 9.74. The first-order chi connectivity index (χ1) is 12.6. The van der Waals surface area contributed by atoms with Crippen LogP contribution in [0, 0.1) is 0 Å². The minimum atomic E-state index is -0.0420. The van der Waals surface area contributed by atoms with Crippen molar-refractivity contribution in [1.29, 1.82) is 0 Å². The summed E-state index contributed by atoms with van der Waals surface area (Å²) in [5.41, 5.74) is 8.23. The van der Waals surface area contributed by atoms with Gasteiger partial charge in [0.05, 0.1) is 13.7 Å². The van der Waals surface area contributed by atoms with Gasteiger partial charge in [-0.05, 0) is 42.7 Å². The van der Waals surface area contributed by atoms with E-state index in [9.17, 15) is 0 Å². The maximum absolute atomic E-state index is 6.13. The van der Waals surface area contributed by atoms with Gasteiger partial charge < -0.3 is 20.5 Å². The number of aliphatic imine (C=N–C) groups is 1. The van der Waals surface area contributed by atoms with Gasteiger partial charge in [-0.3, -0.25) is 4.99 Å². The lowest BCUT2D eigenvalue weighted by Gasteiger charge is -2.36. The van der Waals surface area contributed by atoms with E-state index in [1.807, 2.05) is 24.3 Å². The molecule has 3 N–H and O–H groups in total. The molecule has 6 heteroatoms. The Morgan fingerprint density at radius 1 is 1.23 bits per heavy atom. The highest BCUT2D eigenvalue weighted by atomic mass is 79.9. The van der Waals surface area contributed by atoms with E-state index in [-0.39, 0.29) is 5.41 Å². The largest absolute Gasteiger partial charge is 0.497 e. The molecule has 1 heterocycles. The van der Waals surface area contributed by atoms with E-state index in [1.165, 1.54) is 5.56 Å². The van der Waals surface area contributed by atoms with Gasteiger partial charge in [0.15, 0.2) is 5.96 Å². The normalized spacial score (nSPS) is 16.9. The SMILES string of the molecule is COc1cccc(NC(N)=NCC2(c3ccc(Br)cc3)CCOCC2)c1. The second-order valence-electron chi connectivity index (χ2n) is 6.46. The molecular weight excluding hydrogens is 394 g/mol. The van der Waals surface area contributed by atoms with Crippen LogP contribution in [-0.4, -0.2) is 32.8 Å². The van der Waals surface area contributed by atoms with Gasteiger partial charge in [0.1, 0.15) is 5.75 Å². The van der Waals surface area contributed by atoms with Crippen molar-refractivity contribution < 1.29 is 9.47 Å². The highest BCUT2D eigenvalue weighted by Gasteiger charge is 2.34. The fraction of sp³-hybridized carbons (Fsp3) is 0.350. The van der Waals surface area contributed by atoms with Crippen LogP contribution < -0.4 is 15.8 Å². The van der Waals surface area contributed by atoms with Crippen molar-refractivity contribution >= 4 is 27.6 Å². The average Bonchev–Trinajstić information content (AvgIpc) is 2.68. The molecule has 0 atom stereocenters. The van der Waals surface area contributed by atoms with Gasteiger partial charge in [-0.1, -0.05) is 34.1 Å². The molecule has 5 nitrogen and oxygen atoms in total. The molecule has 0 unspecified atom stereocenters. The summed E-state index contributed by atoms with van der Waals surface area (Å²) >= 11 is 3.51. The molecule has 3 rings (SSSR count). The second kappa shape index (κ2) is 8.56. The van der Waals surface area contributed by atoms with Crippen LogP contribution in [0.25, 0.3) is 0 Å². The predicted molar refractivity (Wildman–Crippen MR) is 109 cm³/mol. The van der Waals surface area contributed by atoms with Crippen LogP contribution in [0.4, 0.5) is 5.69 Å². The Bertz CT molecular complexity index is 756. The van der Waals surface area contributed by atoms with Crippen LogP contribution in [0.5, 0.6) is 5.75 Å². The standard InChI is InChI=1S/C20H24BrN3O2/c1-25-18-4-2-3-17(13-18)24-19(22)23-14-20(9-11-26-12-10-20)15-5-7-16(21)8-6-15/h2-8,13H,9-12,14H2,1H3,(H3,22,23,24). The van der Waals surface area contributed by atoms with E-state index in [0.717, 1.165) is 42.0 Å². The number of hydrogen-bond donors (Lipinski definition) is 2. The van der Waals surface area contributed by atoms with E-state index >= 15 is 0 Å². The van der Waals surface area contributed by atoms with Gasteiger partial charge in [-0.25, -0.2) is 0 Å². The van der Waals surface area contributed by atoms with Crippen molar-refractivity contribution in [3.8, 4) is 5.75 Å². The summed E-state index contributed by atoms with van der Waals surface area (Å²) in [5, 5.41) is 3.14. The molecule has 1 aliphatic rings. The molecule has 0 aliphatic carbocycles. The van der Waals surface area contributed by atoms with Gasteiger partial charge >= 0.3 is 0 Å². The topological polar surface area (TPSA) is 68.9 Å². The predicted octanol–water partition coefficient (Wildman–Crippen LogP) is 3.93. The number of benzene rings is 2. The van der Waals surface area contributed by atoms with Crippen LogP contribution >= 0.6 is 15.9 Å². The summed E-state index contributed by atoms with van der Waals surface area (Å²) in [4.78, 5) is 4.64. The highest BCUT2D eigenvalue weighted by molar-refractivity contribution is 9.10. The Morgan fingerprint density at radius 3 is 2.65 bits per heavy atom. The molecule has 1 saturated heterocycles. The zero-order chi connectivity index (χ0) is 18.4. The van der Waals surface area contributed by atoms with E-state index < -0.39 is 0 Å². The Labute approximate surface area is 162 Å². The number of anilines is 1. The zero-order valence-electron chi connectivity index (χ0n) is 14.9. The molecule has 2 aromatic rings. The monoisotopic (exact) mass is 417 g/mol. The van der Waals surface area contributed by atoms with Crippen LogP contribution in [0.3, 0.4) is 0 Å². The van der Waals surface area contributed by atoms with E-state index in [2.05, 4.69) is 50.5 Å². The smallest absolute Gasteiger partial charge is 0.193 e. The number of rotatable bonds is 5. The maximum atomic E-state index is 6.13. The number of guanidine groups is 1. The molecule has 0 saturated carbocycles. The van der Waals surface area contributed by atoms with Crippen molar-refractivity contribution in [2.24, 2.45) is 10.7 Å². The summed E-state index contributed by atoms with van der Waals surface area (Å²) in [6, 6.07) is 16.1. The zero-order valence-corrected chi connectivity index (χ0v) is 16.5. The number of methoxy groups -OCH3 is 1. The van der Waals surface area contributed by atoms with Crippen molar-refractivity contribution in [2.75, 3.05) is 32.2 Å². The first-order valence-corrected chi connectivity index (χ1v) is 9.45. The summed E-state index contributed by atoms with van der Waals surface area (Å²) in [7, 11) is 1.64. The lowest BCUT2D eigenvalue weighted by molar-refractivity contribution is 0.0531. The van der Waals surface area contributed by atoms with Gasteiger partial charge in [-0.15, -0.1) is 0 Å². The number of nitrogens with one attached hydrogen (secondary N) is 1. The molecule has 2 aromatic carbocycles. The van der Waals surface area contributed by atoms with Gasteiger partial charge in [0.25, 0.3) is 0 Å². The minimum absolute atomic E-state index is 0.0420. The maximum Gasteiger partial charge on any atom is 0.193 e. The number of nitrogens with two attached hydrogens (primary N) is 1. The molecule has 26 heavy (non-hydrogen) atoms. The van der Waals surface area contributed by atoms with Crippen LogP contribution in [0.2, 0.25) is 0 Å².